The summed E-state index contributed by atoms with van der Waals surface area (Å²) in [6, 6.07) is 2.19. The van der Waals surface area contributed by atoms with E-state index < -0.39 is 0 Å². The van der Waals surface area contributed by atoms with Gasteiger partial charge in [-0.3, -0.25) is 4.90 Å². The zero-order chi connectivity index (χ0) is 13.0. The largest absolute Gasteiger partial charge is 0.467 e. The van der Waals surface area contributed by atoms with Crippen LogP contribution in [0.5, 0.6) is 0 Å². The van der Waals surface area contributed by atoms with Gasteiger partial charge in [-0.25, -0.2) is 4.79 Å². The van der Waals surface area contributed by atoms with Crippen molar-refractivity contribution in [1.29, 1.82) is 0 Å². The number of ether oxygens (including phenoxy) is 1. The average molecular weight is 252 g/mol. The van der Waals surface area contributed by atoms with Gasteiger partial charge in [0.2, 0.25) is 0 Å². The van der Waals surface area contributed by atoms with E-state index >= 15 is 0 Å². The second-order valence-corrected chi connectivity index (χ2v) is 4.61. The first-order chi connectivity index (χ1) is 8.74. The molecule has 0 saturated carbocycles. The van der Waals surface area contributed by atoms with Gasteiger partial charge in [0, 0.05) is 12.6 Å². The van der Waals surface area contributed by atoms with Gasteiger partial charge < -0.3 is 14.5 Å². The number of hydrogen-bond acceptors (Lipinski definition) is 5. The molecule has 0 aliphatic carbocycles. The van der Waals surface area contributed by atoms with Crippen molar-refractivity contribution < 1.29 is 13.9 Å². The maximum atomic E-state index is 11.5. The summed E-state index contributed by atoms with van der Waals surface area (Å²) in [5.74, 6) is 0.361. The Morgan fingerprint density at radius 3 is 3.22 bits per heavy atom. The van der Waals surface area contributed by atoms with Gasteiger partial charge in [-0.05, 0) is 32.5 Å². The molecule has 1 fully saturated rings. The molecule has 5 nitrogen and oxygen atoms in total. The maximum Gasteiger partial charge on any atom is 0.341 e. The topological polar surface area (TPSA) is 54.7 Å². The van der Waals surface area contributed by atoms with E-state index in [2.05, 4.69) is 10.2 Å². The molecule has 1 atom stereocenters. The lowest BCUT2D eigenvalue weighted by molar-refractivity contribution is 0.0595. The monoisotopic (exact) mass is 252 g/mol. The highest BCUT2D eigenvalue weighted by Gasteiger charge is 2.22. The van der Waals surface area contributed by atoms with E-state index in [0.29, 0.717) is 23.9 Å². The minimum Gasteiger partial charge on any atom is -0.467 e. The Morgan fingerprint density at radius 2 is 2.50 bits per heavy atom. The fourth-order valence-corrected chi connectivity index (χ4v) is 2.39. The summed E-state index contributed by atoms with van der Waals surface area (Å²) in [4.78, 5) is 13.8. The lowest BCUT2D eigenvalue weighted by atomic mass is 10.1. The second kappa shape index (κ2) is 6.02. The second-order valence-electron chi connectivity index (χ2n) is 4.61. The van der Waals surface area contributed by atoms with Gasteiger partial charge in [-0.15, -0.1) is 0 Å². The highest BCUT2D eigenvalue weighted by atomic mass is 16.5. The Labute approximate surface area is 107 Å². The van der Waals surface area contributed by atoms with Gasteiger partial charge in [0.25, 0.3) is 0 Å². The van der Waals surface area contributed by atoms with E-state index in [1.807, 2.05) is 7.05 Å². The smallest absolute Gasteiger partial charge is 0.341 e. The number of nitrogens with zero attached hydrogens (tertiary/aromatic N) is 1. The molecule has 2 heterocycles. The highest BCUT2D eigenvalue weighted by molar-refractivity contribution is 5.90. The Balaban J connectivity index is 2.00. The molecular formula is C13H20N2O3. The Morgan fingerprint density at radius 1 is 1.67 bits per heavy atom. The molecular weight excluding hydrogens is 232 g/mol. The van der Waals surface area contributed by atoms with Crippen molar-refractivity contribution in [3.8, 4) is 0 Å². The van der Waals surface area contributed by atoms with Crippen LogP contribution in [-0.4, -0.2) is 44.2 Å². The highest BCUT2D eigenvalue weighted by Crippen LogP contribution is 2.18. The molecule has 0 bridgehead atoms. The number of piperidine rings is 1. The number of furan rings is 1. The molecule has 2 rings (SSSR count). The zero-order valence-electron chi connectivity index (χ0n) is 10.9. The maximum absolute atomic E-state index is 11.5. The Bertz CT molecular complexity index is 403. The van der Waals surface area contributed by atoms with Crippen LogP contribution < -0.4 is 5.32 Å². The van der Waals surface area contributed by atoms with Gasteiger partial charge in [-0.1, -0.05) is 0 Å². The molecule has 0 aromatic carbocycles. The summed E-state index contributed by atoms with van der Waals surface area (Å²) in [5, 5.41) is 3.30. The number of carbonyl (C=O) groups excluding carboxylic acids is 1. The standard InChI is InChI=1S/C13H20N2O3/c1-14-10-4-3-6-15(8-10)9-12-11(5-7-18-12)13(16)17-2/h5,7,10,14H,3-4,6,8-9H2,1-2H3. The molecule has 5 heteroatoms. The van der Waals surface area contributed by atoms with Crippen LogP contribution in [0.25, 0.3) is 0 Å². The zero-order valence-corrected chi connectivity index (χ0v) is 10.9. The molecule has 1 aliphatic heterocycles. The fraction of sp³-hybridized carbons (Fsp3) is 0.615. The molecule has 1 aromatic heterocycles. The lowest BCUT2D eigenvalue weighted by Gasteiger charge is -2.31. The van der Waals surface area contributed by atoms with Crippen molar-refractivity contribution >= 4 is 5.97 Å². The van der Waals surface area contributed by atoms with Gasteiger partial charge in [0.1, 0.15) is 11.3 Å². The molecule has 0 amide bonds. The summed E-state index contributed by atoms with van der Waals surface area (Å²) in [7, 11) is 3.37. The minimum atomic E-state index is -0.332. The molecule has 1 aromatic rings. The first kappa shape index (κ1) is 13.1. The quantitative estimate of drug-likeness (QED) is 0.817. The summed E-state index contributed by atoms with van der Waals surface area (Å²) >= 11 is 0. The van der Waals surface area contributed by atoms with Gasteiger partial charge in [0.05, 0.1) is 19.9 Å². The van der Waals surface area contributed by atoms with Crippen molar-refractivity contribution in [1.82, 2.24) is 10.2 Å². The molecule has 100 valence electrons. The molecule has 1 unspecified atom stereocenters. The van der Waals surface area contributed by atoms with E-state index in [9.17, 15) is 4.79 Å². The van der Waals surface area contributed by atoms with Crippen molar-refractivity contribution in [2.75, 3.05) is 27.2 Å². The third-order valence-electron chi connectivity index (χ3n) is 3.43. The number of likely N-dealkylation sites (N-methyl/N-ethyl adjacent to an activating group) is 1. The molecule has 0 radical (unpaired) electrons. The minimum absolute atomic E-state index is 0.332. The number of esters is 1. The third kappa shape index (κ3) is 2.91. The number of nitrogens with one attached hydrogen (secondary N) is 1. The number of carbonyl (C=O) groups is 1. The predicted molar refractivity (Wildman–Crippen MR) is 67.4 cm³/mol. The number of rotatable bonds is 4. The summed E-state index contributed by atoms with van der Waals surface area (Å²) in [5.41, 5.74) is 0.532. The number of methoxy groups -OCH3 is 1. The van der Waals surface area contributed by atoms with Crippen LogP contribution in [0, 0.1) is 0 Å². The van der Waals surface area contributed by atoms with Crippen LogP contribution in [0.4, 0.5) is 0 Å². The van der Waals surface area contributed by atoms with Crippen LogP contribution in [0.1, 0.15) is 29.0 Å². The van der Waals surface area contributed by atoms with E-state index in [1.165, 1.54) is 20.0 Å². The third-order valence-corrected chi connectivity index (χ3v) is 3.43. The van der Waals surface area contributed by atoms with E-state index in [0.717, 1.165) is 13.1 Å². The van der Waals surface area contributed by atoms with E-state index in [4.69, 9.17) is 9.15 Å². The van der Waals surface area contributed by atoms with Gasteiger partial charge in [-0.2, -0.15) is 0 Å². The van der Waals surface area contributed by atoms with Crippen molar-refractivity contribution in [3.63, 3.8) is 0 Å². The van der Waals surface area contributed by atoms with Crippen LogP contribution in [0.2, 0.25) is 0 Å². The average Bonchev–Trinajstić information content (AvgIpc) is 2.86. The van der Waals surface area contributed by atoms with Gasteiger partial charge in [0.15, 0.2) is 0 Å². The van der Waals surface area contributed by atoms with E-state index in [1.54, 1.807) is 12.3 Å². The van der Waals surface area contributed by atoms with Gasteiger partial charge >= 0.3 is 5.97 Å². The fourth-order valence-electron chi connectivity index (χ4n) is 2.39. The summed E-state index contributed by atoms with van der Waals surface area (Å²) < 4.78 is 10.1. The number of likely N-dealkylation sites (tertiary alicyclic amines) is 1. The molecule has 1 N–H and O–H groups in total. The first-order valence-corrected chi connectivity index (χ1v) is 6.29. The summed E-state index contributed by atoms with van der Waals surface area (Å²) in [6.07, 6.45) is 3.91. The van der Waals surface area contributed by atoms with Crippen LogP contribution in [0.15, 0.2) is 16.7 Å². The normalized spacial score (nSPS) is 20.9. The van der Waals surface area contributed by atoms with Crippen molar-refractivity contribution in [3.05, 3.63) is 23.7 Å². The number of hydrogen-bond donors (Lipinski definition) is 1. The SMILES string of the molecule is CNC1CCCN(Cc2occc2C(=O)OC)C1. The van der Waals surface area contributed by atoms with Crippen molar-refractivity contribution in [2.45, 2.75) is 25.4 Å². The first-order valence-electron chi connectivity index (χ1n) is 6.29. The predicted octanol–water partition coefficient (Wildman–Crippen LogP) is 1.25. The molecule has 1 saturated heterocycles. The van der Waals surface area contributed by atoms with Crippen LogP contribution in [-0.2, 0) is 11.3 Å². The lowest BCUT2D eigenvalue weighted by Crippen LogP contribution is -2.43. The molecule has 1 aliphatic rings. The van der Waals surface area contributed by atoms with Crippen LogP contribution >= 0.6 is 0 Å². The summed E-state index contributed by atoms with van der Waals surface area (Å²) in [6.45, 7) is 2.69. The van der Waals surface area contributed by atoms with Crippen LogP contribution in [0.3, 0.4) is 0 Å². The van der Waals surface area contributed by atoms with Crippen molar-refractivity contribution in [2.24, 2.45) is 0 Å². The van der Waals surface area contributed by atoms with E-state index in [-0.39, 0.29) is 5.97 Å². The molecule has 0 spiro atoms. The Kier molecular flexibility index (Phi) is 4.38. The molecule has 18 heavy (non-hydrogen) atoms. The Hall–Kier alpha value is -1.33.